The number of nitrogens with one attached hydrogen (secondary N) is 1. The Morgan fingerprint density at radius 3 is 2.80 bits per heavy atom. The Morgan fingerprint density at radius 1 is 1.30 bits per heavy atom. The van der Waals surface area contributed by atoms with E-state index in [-0.39, 0.29) is 11.1 Å². The molecule has 2 aromatic rings. The highest BCUT2D eigenvalue weighted by atomic mass is 32.2. The van der Waals surface area contributed by atoms with Gasteiger partial charge in [-0.25, -0.2) is 0 Å². The average Bonchev–Trinajstić information content (AvgIpc) is 2.54. The standard InChI is InChI=1S/C15H11N3OS/c1-8-13-9(2)18-15(19)10(7-16)14(13)20-12-6-4-3-5-11(12)17-8/h3-6H,1-2H3,(H,18,19). The van der Waals surface area contributed by atoms with E-state index in [1.807, 2.05) is 44.2 Å². The summed E-state index contributed by atoms with van der Waals surface area (Å²) in [6, 6.07) is 9.74. The van der Waals surface area contributed by atoms with Crippen LogP contribution >= 0.6 is 11.8 Å². The molecule has 1 N–H and O–H groups in total. The van der Waals surface area contributed by atoms with Crippen LogP contribution in [-0.2, 0) is 0 Å². The van der Waals surface area contributed by atoms with Crippen LogP contribution in [0.5, 0.6) is 0 Å². The van der Waals surface area contributed by atoms with Crippen molar-refractivity contribution in [3.05, 3.63) is 51.4 Å². The number of nitriles is 1. The number of rotatable bonds is 0. The quantitative estimate of drug-likeness (QED) is 0.806. The van der Waals surface area contributed by atoms with Gasteiger partial charge in [-0.05, 0) is 26.0 Å². The first-order chi connectivity index (χ1) is 9.61. The van der Waals surface area contributed by atoms with E-state index in [9.17, 15) is 10.1 Å². The van der Waals surface area contributed by atoms with E-state index >= 15 is 0 Å². The van der Waals surface area contributed by atoms with Gasteiger partial charge in [0, 0.05) is 26.8 Å². The van der Waals surface area contributed by atoms with E-state index in [4.69, 9.17) is 0 Å². The predicted octanol–water partition coefficient (Wildman–Crippen LogP) is 3.16. The van der Waals surface area contributed by atoms with Crippen LogP contribution in [0.2, 0.25) is 0 Å². The number of aromatic nitrogens is 1. The summed E-state index contributed by atoms with van der Waals surface area (Å²) >= 11 is 1.43. The van der Waals surface area contributed by atoms with Gasteiger partial charge >= 0.3 is 0 Å². The zero-order valence-corrected chi connectivity index (χ0v) is 11.8. The molecule has 98 valence electrons. The Morgan fingerprint density at radius 2 is 2.05 bits per heavy atom. The molecule has 0 atom stereocenters. The molecule has 0 bridgehead atoms. The number of fused-ring (bicyclic) bond motifs is 2. The molecule has 5 heteroatoms. The Bertz CT molecular complexity index is 843. The fraction of sp³-hybridized carbons (Fsp3) is 0.133. The fourth-order valence-corrected chi connectivity index (χ4v) is 3.54. The SMILES string of the molecule is CC1=Nc2ccccc2Sc2c1c(C)[nH]c(=O)c2C#N. The minimum atomic E-state index is -0.344. The smallest absolute Gasteiger partial charge is 0.267 e. The van der Waals surface area contributed by atoms with Crippen molar-refractivity contribution in [2.24, 2.45) is 4.99 Å². The minimum absolute atomic E-state index is 0.154. The molecule has 0 fully saturated rings. The third kappa shape index (κ3) is 1.86. The maximum atomic E-state index is 11.9. The first-order valence-corrected chi connectivity index (χ1v) is 6.93. The summed E-state index contributed by atoms with van der Waals surface area (Å²) in [4.78, 5) is 20.9. The Kier molecular flexibility index (Phi) is 2.96. The Hall–Kier alpha value is -2.32. The molecule has 20 heavy (non-hydrogen) atoms. The van der Waals surface area contributed by atoms with Crippen LogP contribution in [0.1, 0.15) is 23.7 Å². The average molecular weight is 281 g/mol. The number of aliphatic imine (C=N–C) groups is 1. The highest BCUT2D eigenvalue weighted by Crippen LogP contribution is 2.41. The lowest BCUT2D eigenvalue weighted by Gasteiger charge is -2.10. The molecule has 0 saturated carbocycles. The maximum absolute atomic E-state index is 11.9. The monoisotopic (exact) mass is 281 g/mol. The number of aromatic amines is 1. The molecule has 2 heterocycles. The molecule has 0 amide bonds. The number of nitrogens with zero attached hydrogens (tertiary/aromatic N) is 2. The molecule has 1 aromatic heterocycles. The first kappa shape index (κ1) is 12.7. The minimum Gasteiger partial charge on any atom is -0.325 e. The van der Waals surface area contributed by atoms with Gasteiger partial charge < -0.3 is 4.98 Å². The number of benzene rings is 1. The van der Waals surface area contributed by atoms with Gasteiger partial charge in [0.1, 0.15) is 11.6 Å². The molecule has 3 rings (SSSR count). The van der Waals surface area contributed by atoms with Crippen molar-refractivity contribution in [3.63, 3.8) is 0 Å². The van der Waals surface area contributed by atoms with Crippen molar-refractivity contribution in [2.45, 2.75) is 23.6 Å². The zero-order chi connectivity index (χ0) is 14.3. The van der Waals surface area contributed by atoms with Crippen LogP contribution in [0.4, 0.5) is 5.69 Å². The third-order valence-corrected chi connectivity index (χ3v) is 4.37. The Labute approximate surface area is 120 Å². The molecule has 1 aliphatic heterocycles. The van der Waals surface area contributed by atoms with Crippen molar-refractivity contribution in [1.29, 1.82) is 5.26 Å². The molecular formula is C15H11N3OS. The highest BCUT2D eigenvalue weighted by molar-refractivity contribution is 7.99. The van der Waals surface area contributed by atoms with Crippen LogP contribution in [0.3, 0.4) is 0 Å². The van der Waals surface area contributed by atoms with Crippen molar-refractivity contribution in [1.82, 2.24) is 4.98 Å². The molecule has 0 radical (unpaired) electrons. The maximum Gasteiger partial charge on any atom is 0.267 e. The number of aryl methyl sites for hydroxylation is 1. The van der Waals surface area contributed by atoms with Gasteiger partial charge in [0.15, 0.2) is 0 Å². The zero-order valence-electron chi connectivity index (χ0n) is 11.0. The topological polar surface area (TPSA) is 69.0 Å². The summed E-state index contributed by atoms with van der Waals surface area (Å²) in [7, 11) is 0. The lowest BCUT2D eigenvalue weighted by atomic mass is 10.1. The van der Waals surface area contributed by atoms with E-state index in [0.29, 0.717) is 4.90 Å². The first-order valence-electron chi connectivity index (χ1n) is 6.11. The van der Waals surface area contributed by atoms with Gasteiger partial charge in [-0.1, -0.05) is 23.9 Å². The highest BCUT2D eigenvalue weighted by Gasteiger charge is 2.22. The van der Waals surface area contributed by atoms with Gasteiger partial charge in [-0.2, -0.15) is 5.26 Å². The number of para-hydroxylation sites is 1. The molecule has 0 spiro atoms. The summed E-state index contributed by atoms with van der Waals surface area (Å²) in [6.45, 7) is 3.73. The summed E-state index contributed by atoms with van der Waals surface area (Å²) in [5.74, 6) is 0. The van der Waals surface area contributed by atoms with Gasteiger partial charge in [0.25, 0.3) is 5.56 Å². The molecule has 0 aliphatic carbocycles. The van der Waals surface area contributed by atoms with E-state index in [1.165, 1.54) is 11.8 Å². The fourth-order valence-electron chi connectivity index (χ4n) is 2.32. The second kappa shape index (κ2) is 4.66. The lowest BCUT2D eigenvalue weighted by molar-refractivity contribution is 1.07. The van der Waals surface area contributed by atoms with E-state index in [1.54, 1.807) is 0 Å². The van der Waals surface area contributed by atoms with Gasteiger partial charge in [0.2, 0.25) is 0 Å². The summed E-state index contributed by atoms with van der Waals surface area (Å²) < 4.78 is 0. The van der Waals surface area contributed by atoms with Gasteiger partial charge in [-0.15, -0.1) is 0 Å². The molecular weight excluding hydrogens is 270 g/mol. The van der Waals surface area contributed by atoms with Crippen LogP contribution in [-0.4, -0.2) is 10.7 Å². The van der Waals surface area contributed by atoms with Crippen molar-refractivity contribution in [2.75, 3.05) is 0 Å². The summed E-state index contributed by atoms with van der Waals surface area (Å²) in [5, 5.41) is 9.27. The summed E-state index contributed by atoms with van der Waals surface area (Å²) in [6.07, 6.45) is 0. The van der Waals surface area contributed by atoms with E-state index in [0.717, 1.165) is 27.6 Å². The molecule has 0 unspecified atom stereocenters. The van der Waals surface area contributed by atoms with E-state index in [2.05, 4.69) is 9.98 Å². The van der Waals surface area contributed by atoms with Crippen LogP contribution in [0.15, 0.2) is 43.8 Å². The Balaban J connectivity index is 2.41. The second-order valence-electron chi connectivity index (χ2n) is 4.54. The second-order valence-corrected chi connectivity index (χ2v) is 5.59. The third-order valence-electron chi connectivity index (χ3n) is 3.20. The van der Waals surface area contributed by atoms with Crippen molar-refractivity contribution >= 4 is 23.2 Å². The van der Waals surface area contributed by atoms with Crippen LogP contribution in [0, 0.1) is 18.3 Å². The predicted molar refractivity (Wildman–Crippen MR) is 79.0 cm³/mol. The largest absolute Gasteiger partial charge is 0.325 e. The van der Waals surface area contributed by atoms with Gasteiger partial charge in [0.05, 0.1) is 5.69 Å². The number of hydrogen-bond donors (Lipinski definition) is 1. The van der Waals surface area contributed by atoms with Crippen LogP contribution in [0.25, 0.3) is 0 Å². The van der Waals surface area contributed by atoms with Crippen LogP contribution < -0.4 is 5.56 Å². The molecule has 1 aromatic carbocycles. The molecule has 0 saturated heterocycles. The van der Waals surface area contributed by atoms with E-state index < -0.39 is 0 Å². The normalized spacial score (nSPS) is 12.8. The number of H-pyrrole nitrogens is 1. The van der Waals surface area contributed by atoms with Gasteiger partial charge in [-0.3, -0.25) is 9.79 Å². The number of hydrogen-bond acceptors (Lipinski definition) is 4. The summed E-state index contributed by atoms with van der Waals surface area (Å²) in [5.41, 5.74) is 3.07. The van der Waals surface area contributed by atoms with Crippen molar-refractivity contribution < 1.29 is 0 Å². The molecule has 1 aliphatic rings. The number of pyridine rings is 1. The lowest BCUT2D eigenvalue weighted by Crippen LogP contribution is -2.17. The molecule has 4 nitrogen and oxygen atoms in total. The van der Waals surface area contributed by atoms with Crippen molar-refractivity contribution in [3.8, 4) is 6.07 Å².